The van der Waals surface area contributed by atoms with Crippen molar-refractivity contribution in [2.45, 2.75) is 25.9 Å². The van der Waals surface area contributed by atoms with E-state index in [2.05, 4.69) is 11.8 Å². The minimum Gasteiger partial charge on any atom is -0.392 e. The van der Waals surface area contributed by atoms with Crippen LogP contribution < -0.4 is 0 Å². The van der Waals surface area contributed by atoms with Gasteiger partial charge in [0.2, 0.25) is 0 Å². The Morgan fingerprint density at radius 3 is 3.00 bits per heavy atom. The van der Waals surface area contributed by atoms with Crippen LogP contribution in [-0.4, -0.2) is 47.3 Å². The van der Waals surface area contributed by atoms with Crippen LogP contribution >= 0.6 is 11.8 Å². The van der Waals surface area contributed by atoms with Gasteiger partial charge in [0.05, 0.1) is 6.10 Å². The highest BCUT2D eigenvalue weighted by atomic mass is 32.2. The lowest BCUT2D eigenvalue weighted by molar-refractivity contribution is 0.176. The van der Waals surface area contributed by atoms with Gasteiger partial charge < -0.3 is 10.0 Å². The Morgan fingerprint density at radius 1 is 1.58 bits per heavy atom. The summed E-state index contributed by atoms with van der Waals surface area (Å²) in [6.45, 7) is 5.36. The predicted molar refractivity (Wildman–Crippen MR) is 54.7 cm³/mol. The number of hydrogen-bond acceptors (Lipinski definition) is 3. The highest BCUT2D eigenvalue weighted by Crippen LogP contribution is 2.10. The zero-order chi connectivity index (χ0) is 8.81. The summed E-state index contributed by atoms with van der Waals surface area (Å²) in [5, 5.41) is 9.26. The van der Waals surface area contributed by atoms with E-state index in [0.717, 1.165) is 19.5 Å². The first kappa shape index (κ1) is 10.4. The third-order valence-electron chi connectivity index (χ3n) is 2.21. The van der Waals surface area contributed by atoms with Gasteiger partial charge in [-0.1, -0.05) is 6.92 Å². The molecule has 0 unspecified atom stereocenters. The molecule has 12 heavy (non-hydrogen) atoms. The van der Waals surface area contributed by atoms with Gasteiger partial charge in [-0.3, -0.25) is 0 Å². The summed E-state index contributed by atoms with van der Waals surface area (Å²) >= 11 is 2.00. The fraction of sp³-hybridized carbons (Fsp3) is 1.00. The predicted octanol–water partition coefficient (Wildman–Crippen LogP) is 1.20. The van der Waals surface area contributed by atoms with E-state index in [-0.39, 0.29) is 6.10 Å². The van der Waals surface area contributed by atoms with E-state index in [0.29, 0.717) is 0 Å². The fourth-order valence-electron chi connectivity index (χ4n) is 1.55. The number of likely N-dealkylation sites (tertiary alicyclic amines) is 1. The molecule has 1 atom stereocenters. The largest absolute Gasteiger partial charge is 0.392 e. The van der Waals surface area contributed by atoms with Crippen molar-refractivity contribution in [3.8, 4) is 0 Å². The first-order valence-corrected chi connectivity index (χ1v) is 5.96. The molecule has 1 aliphatic heterocycles. The summed E-state index contributed by atoms with van der Waals surface area (Å²) in [5.41, 5.74) is 0. The van der Waals surface area contributed by atoms with Crippen molar-refractivity contribution in [3.05, 3.63) is 0 Å². The Morgan fingerprint density at radius 2 is 2.42 bits per heavy atom. The second-order valence-corrected chi connectivity index (χ2v) is 4.69. The second-order valence-electron chi connectivity index (χ2n) is 3.29. The minimum atomic E-state index is -0.0520. The van der Waals surface area contributed by atoms with Gasteiger partial charge >= 0.3 is 0 Å². The van der Waals surface area contributed by atoms with Gasteiger partial charge in [-0.25, -0.2) is 0 Å². The lowest BCUT2D eigenvalue weighted by atomic mass is 10.3. The van der Waals surface area contributed by atoms with Crippen molar-refractivity contribution in [3.63, 3.8) is 0 Å². The van der Waals surface area contributed by atoms with Crippen molar-refractivity contribution in [2.24, 2.45) is 0 Å². The van der Waals surface area contributed by atoms with E-state index in [4.69, 9.17) is 0 Å². The number of aliphatic hydroxyl groups excluding tert-OH is 1. The molecule has 1 fully saturated rings. The third-order valence-corrected chi connectivity index (χ3v) is 3.20. The van der Waals surface area contributed by atoms with Gasteiger partial charge in [-0.15, -0.1) is 0 Å². The number of nitrogens with zero attached hydrogens (tertiary/aromatic N) is 1. The lowest BCUT2D eigenvalue weighted by Gasteiger charge is -2.13. The molecule has 1 saturated heterocycles. The smallest absolute Gasteiger partial charge is 0.0679 e. The van der Waals surface area contributed by atoms with Crippen LogP contribution in [0.4, 0.5) is 0 Å². The van der Waals surface area contributed by atoms with Crippen LogP contribution in [0.15, 0.2) is 0 Å². The minimum absolute atomic E-state index is 0.0520. The van der Waals surface area contributed by atoms with Crippen molar-refractivity contribution >= 4 is 11.8 Å². The van der Waals surface area contributed by atoms with Crippen LogP contribution in [0, 0.1) is 0 Å². The van der Waals surface area contributed by atoms with Gasteiger partial charge in [-0.2, -0.15) is 11.8 Å². The Balaban J connectivity index is 1.93. The van der Waals surface area contributed by atoms with E-state index in [1.54, 1.807) is 0 Å². The quantitative estimate of drug-likeness (QED) is 0.657. The summed E-state index contributed by atoms with van der Waals surface area (Å²) in [5.74, 6) is 2.49. The molecule has 3 heteroatoms. The van der Waals surface area contributed by atoms with E-state index >= 15 is 0 Å². The van der Waals surface area contributed by atoms with E-state index < -0.39 is 0 Å². The van der Waals surface area contributed by atoms with Crippen molar-refractivity contribution in [1.82, 2.24) is 4.90 Å². The molecular weight excluding hydrogens is 170 g/mol. The normalized spacial score (nSPS) is 25.0. The van der Waals surface area contributed by atoms with Crippen LogP contribution in [0.5, 0.6) is 0 Å². The third kappa shape index (κ3) is 3.78. The summed E-state index contributed by atoms with van der Waals surface area (Å²) in [6.07, 6.45) is 2.19. The fourth-order valence-corrected chi connectivity index (χ4v) is 2.17. The van der Waals surface area contributed by atoms with Gasteiger partial charge in [0, 0.05) is 13.1 Å². The number of aliphatic hydroxyl groups is 1. The van der Waals surface area contributed by atoms with Crippen LogP contribution in [0.3, 0.4) is 0 Å². The van der Waals surface area contributed by atoms with Crippen LogP contribution in [0.1, 0.15) is 19.8 Å². The molecule has 0 aromatic rings. The standard InChI is InChI=1S/C9H19NOS/c1-2-12-7-3-5-10-6-4-9(11)8-10/h9,11H,2-8H2,1H3/t9-/m1/s1. The molecule has 1 aliphatic rings. The number of hydrogen-bond donors (Lipinski definition) is 1. The summed E-state index contributed by atoms with van der Waals surface area (Å²) in [4.78, 5) is 2.36. The lowest BCUT2D eigenvalue weighted by Crippen LogP contribution is -2.23. The van der Waals surface area contributed by atoms with Gasteiger partial charge in [0.25, 0.3) is 0 Å². The molecule has 0 bridgehead atoms. The highest BCUT2D eigenvalue weighted by molar-refractivity contribution is 7.99. The van der Waals surface area contributed by atoms with Crippen LogP contribution in [0.25, 0.3) is 0 Å². The van der Waals surface area contributed by atoms with Crippen molar-refractivity contribution in [1.29, 1.82) is 0 Å². The molecule has 0 spiro atoms. The summed E-state index contributed by atoms with van der Waals surface area (Å²) in [7, 11) is 0. The molecular formula is C9H19NOS. The van der Waals surface area contributed by atoms with E-state index in [1.807, 2.05) is 11.8 Å². The molecule has 2 nitrogen and oxygen atoms in total. The molecule has 1 heterocycles. The molecule has 0 aliphatic carbocycles. The van der Waals surface area contributed by atoms with E-state index in [1.165, 1.54) is 24.5 Å². The molecule has 1 rings (SSSR count). The maximum atomic E-state index is 9.26. The van der Waals surface area contributed by atoms with Gasteiger partial charge in [-0.05, 0) is 30.9 Å². The first-order valence-electron chi connectivity index (χ1n) is 4.81. The number of β-amino-alcohol motifs (C(OH)–C–C–N with tert-alkyl or cyclic N) is 1. The summed E-state index contributed by atoms with van der Waals surface area (Å²) in [6, 6.07) is 0. The highest BCUT2D eigenvalue weighted by Gasteiger charge is 2.18. The molecule has 0 radical (unpaired) electrons. The Kier molecular flexibility index (Phi) is 5.04. The molecule has 0 amide bonds. The van der Waals surface area contributed by atoms with Crippen molar-refractivity contribution in [2.75, 3.05) is 31.1 Å². The monoisotopic (exact) mass is 189 g/mol. The maximum absolute atomic E-state index is 9.26. The molecule has 0 aromatic heterocycles. The number of thioether (sulfide) groups is 1. The van der Waals surface area contributed by atoms with Gasteiger partial charge in [0.1, 0.15) is 0 Å². The average Bonchev–Trinajstić information content (AvgIpc) is 2.45. The average molecular weight is 189 g/mol. The molecule has 0 aromatic carbocycles. The van der Waals surface area contributed by atoms with Crippen molar-refractivity contribution < 1.29 is 5.11 Å². The molecule has 0 saturated carbocycles. The zero-order valence-electron chi connectivity index (χ0n) is 7.83. The zero-order valence-corrected chi connectivity index (χ0v) is 8.65. The molecule has 1 N–H and O–H groups in total. The molecule has 72 valence electrons. The SMILES string of the molecule is CCSCCCN1CC[C@@H](O)C1. The van der Waals surface area contributed by atoms with Gasteiger partial charge in [0.15, 0.2) is 0 Å². The Labute approximate surface area is 79.3 Å². The van der Waals surface area contributed by atoms with Crippen LogP contribution in [0.2, 0.25) is 0 Å². The maximum Gasteiger partial charge on any atom is 0.0679 e. The first-order chi connectivity index (χ1) is 5.83. The topological polar surface area (TPSA) is 23.5 Å². The summed E-state index contributed by atoms with van der Waals surface area (Å²) < 4.78 is 0. The number of rotatable bonds is 5. The van der Waals surface area contributed by atoms with E-state index in [9.17, 15) is 5.11 Å². The Hall–Kier alpha value is 0.270. The second kappa shape index (κ2) is 5.84. The Bertz CT molecular complexity index is 121. The van der Waals surface area contributed by atoms with Crippen LogP contribution in [-0.2, 0) is 0 Å².